The third-order valence-electron chi connectivity index (χ3n) is 5.51. The molecular formula is C19H21N3O4. The van der Waals surface area contributed by atoms with Crippen molar-refractivity contribution in [2.45, 2.75) is 19.4 Å². The van der Waals surface area contributed by atoms with Gasteiger partial charge in [0, 0.05) is 17.5 Å². The number of nitrogens with one attached hydrogen (secondary N) is 1. The molecule has 1 aromatic heterocycles. The number of carbonyl (C=O) groups is 2. The predicted molar refractivity (Wildman–Crippen MR) is 95.0 cm³/mol. The second-order valence-electron chi connectivity index (χ2n) is 6.86. The summed E-state index contributed by atoms with van der Waals surface area (Å²) in [5.41, 5.74) is 5.73. The van der Waals surface area contributed by atoms with Crippen molar-refractivity contribution in [3.05, 3.63) is 30.0 Å². The van der Waals surface area contributed by atoms with Crippen molar-refractivity contribution < 1.29 is 19.1 Å². The predicted octanol–water partition coefficient (Wildman–Crippen LogP) is 1.49. The van der Waals surface area contributed by atoms with Crippen LogP contribution in [0.4, 0.5) is 0 Å². The molecule has 7 heteroatoms. The lowest BCUT2D eigenvalue weighted by atomic mass is 10.1. The number of nitrogens with zero attached hydrogens (tertiary/aromatic N) is 1. The molecule has 1 saturated heterocycles. The molecule has 26 heavy (non-hydrogen) atoms. The van der Waals surface area contributed by atoms with E-state index in [9.17, 15) is 9.59 Å². The van der Waals surface area contributed by atoms with Gasteiger partial charge in [-0.1, -0.05) is 13.3 Å². The molecule has 0 spiro atoms. The molecule has 3 N–H and O–H groups in total. The van der Waals surface area contributed by atoms with Crippen molar-refractivity contribution in [2.75, 3.05) is 13.7 Å². The summed E-state index contributed by atoms with van der Waals surface area (Å²) in [6.07, 6.45) is 2.63. The van der Waals surface area contributed by atoms with Crippen LogP contribution in [-0.2, 0) is 4.79 Å². The van der Waals surface area contributed by atoms with Gasteiger partial charge in [-0.05, 0) is 35.4 Å². The number of fused-ring (bicyclic) bond motifs is 2. The van der Waals surface area contributed by atoms with E-state index in [1.54, 1.807) is 24.4 Å². The molecule has 1 aliphatic carbocycles. The average Bonchev–Trinajstić information content (AvgIpc) is 3.29. The first kappa shape index (κ1) is 16.6. The number of hydrogen-bond donors (Lipinski definition) is 2. The second kappa shape index (κ2) is 6.16. The fourth-order valence-electron chi connectivity index (χ4n) is 4.19. The normalized spacial score (nSPS) is 26.3. The van der Waals surface area contributed by atoms with Crippen molar-refractivity contribution >= 4 is 22.6 Å². The maximum atomic E-state index is 12.0. The summed E-state index contributed by atoms with van der Waals surface area (Å²) >= 11 is 0. The number of carbonyl (C=O) groups excluding carboxylic acids is 2. The van der Waals surface area contributed by atoms with Gasteiger partial charge in [-0.3, -0.25) is 9.59 Å². The van der Waals surface area contributed by atoms with Gasteiger partial charge in [-0.2, -0.15) is 0 Å². The monoisotopic (exact) mass is 355 g/mol. The van der Waals surface area contributed by atoms with Gasteiger partial charge in [0.1, 0.15) is 12.4 Å². The van der Waals surface area contributed by atoms with Crippen molar-refractivity contribution in [1.82, 2.24) is 10.3 Å². The van der Waals surface area contributed by atoms with Gasteiger partial charge in [0.05, 0.1) is 18.7 Å². The molecule has 1 aliphatic heterocycles. The molecule has 2 fully saturated rings. The Kier molecular flexibility index (Phi) is 3.94. The van der Waals surface area contributed by atoms with Gasteiger partial charge in [0.15, 0.2) is 0 Å². The molecule has 4 atom stereocenters. The van der Waals surface area contributed by atoms with Gasteiger partial charge in [-0.25, -0.2) is 4.98 Å². The number of amides is 2. The molecule has 4 rings (SSSR count). The highest BCUT2D eigenvalue weighted by atomic mass is 16.5. The Labute approximate surface area is 150 Å². The van der Waals surface area contributed by atoms with Crippen LogP contribution >= 0.6 is 0 Å². The zero-order chi connectivity index (χ0) is 18.4. The first-order chi connectivity index (χ1) is 12.5. The molecule has 2 heterocycles. The number of primary amides is 1. The van der Waals surface area contributed by atoms with E-state index < -0.39 is 5.91 Å². The number of methoxy groups -OCH3 is 1. The van der Waals surface area contributed by atoms with Crippen LogP contribution in [0.2, 0.25) is 0 Å². The lowest BCUT2D eigenvalue weighted by molar-refractivity contribution is -0.121. The Balaban J connectivity index is 1.59. The Hall–Kier alpha value is -2.83. The van der Waals surface area contributed by atoms with E-state index in [1.165, 1.54) is 7.11 Å². The standard InChI is InChI=1S/C19H21N3O4/c1-3-10-15-13(22-18(24)16(10)15)8-26-19-11-7-14(25-2)12(17(20)23)6-9(11)4-5-21-19/h4-7,10,13,15-16H,3,8H2,1-2H3,(H2,20,23)(H,22,24)/t10-,13+,15+,16+/m0/s1. The Bertz CT molecular complexity index is 898. The largest absolute Gasteiger partial charge is 0.496 e. The van der Waals surface area contributed by atoms with Crippen molar-refractivity contribution in [3.8, 4) is 11.6 Å². The molecule has 1 saturated carbocycles. The van der Waals surface area contributed by atoms with Gasteiger partial charge < -0.3 is 20.5 Å². The lowest BCUT2D eigenvalue weighted by Gasteiger charge is -2.17. The first-order valence-corrected chi connectivity index (χ1v) is 8.74. The smallest absolute Gasteiger partial charge is 0.252 e. The van der Waals surface area contributed by atoms with Crippen LogP contribution < -0.4 is 20.5 Å². The van der Waals surface area contributed by atoms with Gasteiger partial charge in [0.2, 0.25) is 11.8 Å². The molecule has 2 amide bonds. The Morgan fingerprint density at radius 3 is 2.85 bits per heavy atom. The van der Waals surface area contributed by atoms with Crippen molar-refractivity contribution in [2.24, 2.45) is 23.5 Å². The third-order valence-corrected chi connectivity index (χ3v) is 5.51. The highest BCUT2D eigenvalue weighted by Crippen LogP contribution is 2.54. The number of ether oxygens (including phenoxy) is 2. The molecule has 0 radical (unpaired) electrons. The average molecular weight is 355 g/mol. The van der Waals surface area contributed by atoms with Gasteiger partial charge in [0.25, 0.3) is 5.91 Å². The van der Waals surface area contributed by atoms with E-state index in [0.717, 1.165) is 17.2 Å². The fraction of sp³-hybridized carbons (Fsp3) is 0.421. The van der Waals surface area contributed by atoms with Crippen LogP contribution in [0.5, 0.6) is 11.6 Å². The van der Waals surface area contributed by atoms with Crippen LogP contribution in [0.3, 0.4) is 0 Å². The zero-order valence-corrected chi connectivity index (χ0v) is 14.7. The molecule has 0 bridgehead atoms. The summed E-state index contributed by atoms with van der Waals surface area (Å²) in [4.78, 5) is 27.9. The number of nitrogens with two attached hydrogens (primary N) is 1. The van der Waals surface area contributed by atoms with Crippen LogP contribution in [0, 0.1) is 17.8 Å². The van der Waals surface area contributed by atoms with E-state index >= 15 is 0 Å². The van der Waals surface area contributed by atoms with E-state index in [4.69, 9.17) is 15.2 Å². The van der Waals surface area contributed by atoms with E-state index in [0.29, 0.717) is 35.6 Å². The number of piperidine rings is 1. The van der Waals surface area contributed by atoms with Crippen molar-refractivity contribution in [1.29, 1.82) is 0 Å². The highest BCUT2D eigenvalue weighted by molar-refractivity contribution is 6.01. The Morgan fingerprint density at radius 2 is 2.19 bits per heavy atom. The van der Waals surface area contributed by atoms with Crippen LogP contribution in [-0.4, -0.2) is 36.6 Å². The number of rotatable bonds is 6. The summed E-state index contributed by atoms with van der Waals surface area (Å²) < 4.78 is 11.2. The van der Waals surface area contributed by atoms with Crippen LogP contribution in [0.25, 0.3) is 10.8 Å². The van der Waals surface area contributed by atoms with Gasteiger partial charge in [-0.15, -0.1) is 0 Å². The molecule has 136 valence electrons. The summed E-state index contributed by atoms with van der Waals surface area (Å²) in [5.74, 6) is 1.38. The number of hydrogen-bond acceptors (Lipinski definition) is 5. The molecule has 2 aliphatic rings. The summed E-state index contributed by atoms with van der Waals surface area (Å²) in [5, 5.41) is 4.53. The van der Waals surface area contributed by atoms with Crippen molar-refractivity contribution in [3.63, 3.8) is 0 Å². The summed E-state index contributed by atoms with van der Waals surface area (Å²) in [6, 6.07) is 5.18. The maximum Gasteiger partial charge on any atom is 0.252 e. The number of pyridine rings is 1. The molecule has 1 aromatic carbocycles. The maximum absolute atomic E-state index is 12.0. The minimum Gasteiger partial charge on any atom is -0.496 e. The van der Waals surface area contributed by atoms with Crippen LogP contribution in [0.1, 0.15) is 23.7 Å². The van der Waals surface area contributed by atoms with Gasteiger partial charge >= 0.3 is 0 Å². The quantitative estimate of drug-likeness (QED) is 0.817. The van der Waals surface area contributed by atoms with Crippen LogP contribution in [0.15, 0.2) is 24.4 Å². The topological polar surface area (TPSA) is 104 Å². The second-order valence-corrected chi connectivity index (χ2v) is 6.86. The summed E-state index contributed by atoms with van der Waals surface area (Å²) in [6.45, 7) is 2.48. The lowest BCUT2D eigenvalue weighted by Crippen LogP contribution is -2.37. The van der Waals surface area contributed by atoms with E-state index in [1.807, 2.05) is 0 Å². The molecule has 0 unspecified atom stereocenters. The highest BCUT2D eigenvalue weighted by Gasteiger charge is 2.62. The molecular weight excluding hydrogens is 334 g/mol. The number of aromatic nitrogens is 1. The van der Waals surface area contributed by atoms with E-state index in [-0.39, 0.29) is 17.9 Å². The SMILES string of the molecule is CC[C@@H]1[C@H]2C(=O)N[C@H](COc3nccc4cc(C(N)=O)c(OC)cc34)[C@@H]12. The first-order valence-electron chi connectivity index (χ1n) is 8.74. The fourth-order valence-corrected chi connectivity index (χ4v) is 4.19. The molecule has 2 aromatic rings. The van der Waals surface area contributed by atoms with E-state index in [2.05, 4.69) is 17.2 Å². The number of benzene rings is 1. The minimum absolute atomic E-state index is 0.0151. The zero-order valence-electron chi connectivity index (χ0n) is 14.7. The Morgan fingerprint density at radius 1 is 1.38 bits per heavy atom. The third kappa shape index (κ3) is 2.55. The summed E-state index contributed by atoms with van der Waals surface area (Å²) in [7, 11) is 1.48. The minimum atomic E-state index is -0.554. The molecule has 7 nitrogen and oxygen atoms in total.